The number of para-hydroxylation sites is 3. The van der Waals surface area contributed by atoms with Crippen LogP contribution in [0.25, 0.3) is 106 Å². The summed E-state index contributed by atoms with van der Waals surface area (Å²) in [5.41, 5.74) is 9.11. The van der Waals surface area contributed by atoms with Crippen molar-refractivity contribution in [1.29, 1.82) is 0 Å². The molecule has 6 nitrogen and oxygen atoms in total. The lowest BCUT2D eigenvalue weighted by molar-refractivity contribution is 0.669. The first-order valence-corrected chi connectivity index (χ1v) is 17.0. The van der Waals surface area contributed by atoms with E-state index in [1.165, 1.54) is 5.39 Å². The van der Waals surface area contributed by atoms with Gasteiger partial charge in [0.2, 0.25) is 0 Å². The second-order valence-corrected chi connectivity index (χ2v) is 12.8. The second kappa shape index (κ2) is 10.7. The van der Waals surface area contributed by atoms with E-state index < -0.39 is 0 Å². The molecule has 0 saturated carbocycles. The fourth-order valence-electron chi connectivity index (χ4n) is 7.66. The van der Waals surface area contributed by atoms with E-state index in [1.807, 2.05) is 78.9 Å². The molecule has 0 atom stereocenters. The zero-order valence-electron chi connectivity index (χ0n) is 27.1. The molecule has 4 aromatic heterocycles. The van der Waals surface area contributed by atoms with Crippen LogP contribution in [0.15, 0.2) is 167 Å². The summed E-state index contributed by atoms with van der Waals surface area (Å²) in [5.74, 6) is 1.74. The standard InChI is InChI=1S/C45H26N4O2/c1-3-13-27(14-4-1)43-46-44(33-19-11-23-37-39(33)31-18-8-10-22-36(31)50-37)48-45(47-43)34-20-12-24-38-40(34)32-26-25-30-29-17-7-9-21-35(29)49(41(30)42(32)51-38)28-15-5-2-6-16-28/h1-26H. The fourth-order valence-corrected chi connectivity index (χ4v) is 7.66. The van der Waals surface area contributed by atoms with Crippen LogP contribution in [0.4, 0.5) is 0 Å². The SMILES string of the molecule is c1ccc(-c2nc(-c3cccc4oc5ccccc5c34)nc(-c3cccc4oc5c(ccc6c7ccccc7n(-c7ccccc7)c65)c34)n2)cc1. The van der Waals surface area contributed by atoms with E-state index in [0.29, 0.717) is 17.5 Å². The lowest BCUT2D eigenvalue weighted by Crippen LogP contribution is -2.00. The van der Waals surface area contributed by atoms with E-state index in [2.05, 4.69) is 83.4 Å². The third-order valence-electron chi connectivity index (χ3n) is 9.86. The van der Waals surface area contributed by atoms with E-state index in [9.17, 15) is 0 Å². The van der Waals surface area contributed by atoms with Crippen LogP contribution < -0.4 is 0 Å². The quantitative estimate of drug-likeness (QED) is 0.189. The van der Waals surface area contributed by atoms with Crippen molar-refractivity contribution in [3.05, 3.63) is 158 Å². The molecule has 0 unspecified atom stereocenters. The van der Waals surface area contributed by atoms with Gasteiger partial charge in [-0.15, -0.1) is 0 Å². The predicted molar refractivity (Wildman–Crippen MR) is 205 cm³/mol. The van der Waals surface area contributed by atoms with Crippen LogP contribution in [0.5, 0.6) is 0 Å². The monoisotopic (exact) mass is 654 g/mol. The largest absolute Gasteiger partial charge is 0.456 e. The zero-order chi connectivity index (χ0) is 33.5. The predicted octanol–water partition coefficient (Wildman–Crippen LogP) is 11.8. The summed E-state index contributed by atoms with van der Waals surface area (Å²) in [6, 6.07) is 53.7. The van der Waals surface area contributed by atoms with Crippen LogP contribution in [-0.2, 0) is 0 Å². The maximum Gasteiger partial charge on any atom is 0.164 e. The molecular weight excluding hydrogens is 629 g/mol. The van der Waals surface area contributed by atoms with Gasteiger partial charge < -0.3 is 13.4 Å². The average Bonchev–Trinajstić information content (AvgIpc) is 3.88. The highest BCUT2D eigenvalue weighted by molar-refractivity contribution is 6.23. The van der Waals surface area contributed by atoms with Crippen molar-refractivity contribution in [2.24, 2.45) is 0 Å². The molecule has 7 aromatic carbocycles. The van der Waals surface area contributed by atoms with Crippen molar-refractivity contribution < 1.29 is 8.83 Å². The van der Waals surface area contributed by atoms with E-state index in [-0.39, 0.29) is 0 Å². The van der Waals surface area contributed by atoms with Crippen molar-refractivity contribution in [2.75, 3.05) is 0 Å². The molecule has 11 rings (SSSR count). The molecule has 0 aliphatic heterocycles. The molecule has 11 aromatic rings. The molecular formula is C45H26N4O2. The summed E-state index contributed by atoms with van der Waals surface area (Å²) in [6.07, 6.45) is 0. The summed E-state index contributed by atoms with van der Waals surface area (Å²) < 4.78 is 15.4. The van der Waals surface area contributed by atoms with E-state index in [1.54, 1.807) is 0 Å². The third kappa shape index (κ3) is 4.14. The summed E-state index contributed by atoms with van der Waals surface area (Å²) in [4.78, 5) is 15.4. The van der Waals surface area contributed by atoms with Crippen molar-refractivity contribution in [2.45, 2.75) is 0 Å². The van der Waals surface area contributed by atoms with Crippen LogP contribution in [0.3, 0.4) is 0 Å². The highest BCUT2D eigenvalue weighted by Gasteiger charge is 2.23. The molecule has 0 radical (unpaired) electrons. The van der Waals surface area contributed by atoms with Crippen molar-refractivity contribution in [3.8, 4) is 39.9 Å². The highest BCUT2D eigenvalue weighted by atomic mass is 16.3. The molecule has 0 saturated heterocycles. The van der Waals surface area contributed by atoms with E-state index >= 15 is 0 Å². The molecule has 6 heteroatoms. The Morgan fingerprint density at radius 3 is 1.73 bits per heavy atom. The number of aromatic nitrogens is 4. The molecule has 0 amide bonds. The molecule has 0 spiro atoms. The summed E-state index contributed by atoms with van der Waals surface area (Å²) in [5, 5.41) is 6.27. The van der Waals surface area contributed by atoms with Crippen LogP contribution in [0.1, 0.15) is 0 Å². The van der Waals surface area contributed by atoms with Crippen LogP contribution in [0, 0.1) is 0 Å². The number of fused-ring (bicyclic) bond motifs is 10. The Morgan fingerprint density at radius 2 is 0.961 bits per heavy atom. The number of rotatable bonds is 4. The first kappa shape index (κ1) is 27.9. The number of furan rings is 2. The smallest absolute Gasteiger partial charge is 0.164 e. The van der Waals surface area contributed by atoms with Gasteiger partial charge in [-0.2, -0.15) is 0 Å². The Morgan fingerprint density at radius 1 is 0.392 bits per heavy atom. The van der Waals surface area contributed by atoms with Crippen LogP contribution in [0.2, 0.25) is 0 Å². The molecule has 0 bridgehead atoms. The van der Waals surface area contributed by atoms with Gasteiger partial charge in [0.25, 0.3) is 0 Å². The Bertz CT molecular complexity index is 3140. The Balaban J connectivity index is 1.22. The molecule has 0 N–H and O–H groups in total. The topological polar surface area (TPSA) is 69.9 Å². The highest BCUT2D eigenvalue weighted by Crippen LogP contribution is 2.43. The van der Waals surface area contributed by atoms with Gasteiger partial charge in [0.1, 0.15) is 16.7 Å². The van der Waals surface area contributed by atoms with Gasteiger partial charge in [-0.3, -0.25) is 0 Å². The van der Waals surface area contributed by atoms with Gasteiger partial charge >= 0.3 is 0 Å². The van der Waals surface area contributed by atoms with Gasteiger partial charge in [0.05, 0.1) is 11.0 Å². The fraction of sp³-hybridized carbons (Fsp3) is 0. The zero-order valence-corrected chi connectivity index (χ0v) is 27.1. The van der Waals surface area contributed by atoms with Gasteiger partial charge in [0.15, 0.2) is 23.1 Å². The van der Waals surface area contributed by atoms with Crippen LogP contribution in [-0.4, -0.2) is 19.5 Å². The van der Waals surface area contributed by atoms with E-state index in [4.69, 9.17) is 23.8 Å². The lowest BCUT2D eigenvalue weighted by Gasteiger charge is -2.10. The number of hydrogen-bond donors (Lipinski definition) is 0. The molecule has 238 valence electrons. The van der Waals surface area contributed by atoms with Crippen molar-refractivity contribution in [1.82, 2.24) is 19.5 Å². The number of benzene rings is 7. The minimum Gasteiger partial charge on any atom is -0.456 e. The van der Waals surface area contributed by atoms with Gasteiger partial charge in [-0.1, -0.05) is 115 Å². The van der Waals surface area contributed by atoms with Gasteiger partial charge in [0, 0.05) is 54.7 Å². The van der Waals surface area contributed by atoms with Crippen LogP contribution >= 0.6 is 0 Å². The summed E-state index contributed by atoms with van der Waals surface area (Å²) in [6.45, 7) is 0. The molecule has 0 aliphatic carbocycles. The minimum atomic E-state index is 0.570. The Labute approximate surface area is 290 Å². The molecule has 4 heterocycles. The number of hydrogen-bond acceptors (Lipinski definition) is 5. The number of nitrogens with zero attached hydrogens (tertiary/aromatic N) is 4. The van der Waals surface area contributed by atoms with E-state index in [0.717, 1.165) is 82.7 Å². The van der Waals surface area contributed by atoms with Gasteiger partial charge in [-0.25, -0.2) is 15.0 Å². The molecule has 51 heavy (non-hydrogen) atoms. The van der Waals surface area contributed by atoms with Gasteiger partial charge in [-0.05, 0) is 42.5 Å². The minimum absolute atomic E-state index is 0.570. The maximum absolute atomic E-state index is 6.84. The molecule has 0 fully saturated rings. The second-order valence-electron chi connectivity index (χ2n) is 12.8. The van der Waals surface area contributed by atoms with Crippen molar-refractivity contribution >= 4 is 65.7 Å². The average molecular weight is 655 g/mol. The summed E-state index contributed by atoms with van der Waals surface area (Å²) >= 11 is 0. The van der Waals surface area contributed by atoms with Crippen molar-refractivity contribution in [3.63, 3.8) is 0 Å². The first-order valence-electron chi connectivity index (χ1n) is 17.0. The third-order valence-corrected chi connectivity index (χ3v) is 9.86. The lowest BCUT2D eigenvalue weighted by atomic mass is 10.0. The Hall–Kier alpha value is -7.05. The normalized spacial score (nSPS) is 11.9. The Kier molecular flexibility index (Phi) is 5.86. The first-order chi connectivity index (χ1) is 25.3. The maximum atomic E-state index is 6.84. The molecule has 0 aliphatic rings. The summed E-state index contributed by atoms with van der Waals surface area (Å²) in [7, 11) is 0.